The molecule has 0 spiro atoms. The van der Waals surface area contributed by atoms with Crippen molar-refractivity contribution >= 4 is 0 Å². The first-order valence-electron chi connectivity index (χ1n) is 6.00. The predicted octanol–water partition coefficient (Wildman–Crippen LogP) is 2.36. The summed E-state index contributed by atoms with van der Waals surface area (Å²) >= 11 is 0. The number of hydrogen-bond donors (Lipinski definition) is 2. The summed E-state index contributed by atoms with van der Waals surface area (Å²) in [5, 5.41) is 12.4. The van der Waals surface area contributed by atoms with E-state index in [9.17, 15) is 4.39 Å². The van der Waals surface area contributed by atoms with Crippen molar-refractivity contribution in [3.05, 3.63) is 29.6 Å². The highest BCUT2D eigenvalue weighted by molar-refractivity contribution is 5.29. The highest BCUT2D eigenvalue weighted by Crippen LogP contribution is 2.21. The molecule has 1 aliphatic heterocycles. The largest absolute Gasteiger partial charge is 0.505 e. The Morgan fingerprint density at radius 3 is 3.06 bits per heavy atom. The van der Waals surface area contributed by atoms with Gasteiger partial charge in [-0.25, -0.2) is 4.39 Å². The van der Waals surface area contributed by atoms with Gasteiger partial charge in [-0.1, -0.05) is 6.07 Å². The standard InChI is InChI=1S/C13H18FNO2/c1-9(15-8-11-3-2-6-17-11)10-4-5-13(16)12(14)7-10/h4-5,7,9,11,15-16H,2-3,6,8H2,1H3/t9-,11-/m1/s1. The van der Waals surface area contributed by atoms with Gasteiger partial charge in [0.2, 0.25) is 0 Å². The van der Waals surface area contributed by atoms with Crippen LogP contribution in [0.15, 0.2) is 18.2 Å². The van der Waals surface area contributed by atoms with Crippen LogP contribution in [0.3, 0.4) is 0 Å². The maximum Gasteiger partial charge on any atom is 0.165 e. The summed E-state index contributed by atoms with van der Waals surface area (Å²) in [4.78, 5) is 0. The third kappa shape index (κ3) is 3.17. The highest BCUT2D eigenvalue weighted by Gasteiger charge is 2.16. The Labute approximate surface area is 101 Å². The third-order valence-corrected chi connectivity index (χ3v) is 3.15. The summed E-state index contributed by atoms with van der Waals surface area (Å²) in [5.74, 6) is -0.881. The van der Waals surface area contributed by atoms with Gasteiger partial charge in [0, 0.05) is 19.2 Å². The molecule has 0 saturated carbocycles. The molecule has 0 radical (unpaired) electrons. The van der Waals surface area contributed by atoms with Crippen molar-refractivity contribution < 1.29 is 14.2 Å². The fourth-order valence-electron chi connectivity index (χ4n) is 2.02. The van der Waals surface area contributed by atoms with Crippen LogP contribution in [-0.4, -0.2) is 24.4 Å². The number of ether oxygens (including phenoxy) is 1. The van der Waals surface area contributed by atoms with Gasteiger partial charge < -0.3 is 15.2 Å². The van der Waals surface area contributed by atoms with E-state index in [-0.39, 0.29) is 17.9 Å². The van der Waals surface area contributed by atoms with Crippen LogP contribution in [0, 0.1) is 5.82 Å². The van der Waals surface area contributed by atoms with Crippen molar-refractivity contribution in [3.63, 3.8) is 0 Å². The van der Waals surface area contributed by atoms with Gasteiger partial charge in [0.1, 0.15) is 0 Å². The van der Waals surface area contributed by atoms with Crippen molar-refractivity contribution in [2.45, 2.75) is 31.9 Å². The van der Waals surface area contributed by atoms with Crippen LogP contribution in [0.4, 0.5) is 4.39 Å². The van der Waals surface area contributed by atoms with Gasteiger partial charge >= 0.3 is 0 Å². The second-order valence-electron chi connectivity index (χ2n) is 4.48. The maximum atomic E-state index is 13.2. The number of nitrogens with one attached hydrogen (secondary N) is 1. The van der Waals surface area contributed by atoms with Gasteiger partial charge in [-0.2, -0.15) is 0 Å². The zero-order valence-corrected chi connectivity index (χ0v) is 9.95. The molecular formula is C13H18FNO2. The molecule has 1 saturated heterocycles. The van der Waals surface area contributed by atoms with E-state index in [0.717, 1.165) is 31.6 Å². The molecule has 1 aromatic carbocycles. The van der Waals surface area contributed by atoms with Gasteiger partial charge in [0.05, 0.1) is 6.10 Å². The molecule has 4 heteroatoms. The van der Waals surface area contributed by atoms with Crippen LogP contribution in [0.25, 0.3) is 0 Å². The lowest BCUT2D eigenvalue weighted by molar-refractivity contribution is 0.108. The van der Waals surface area contributed by atoms with Crippen molar-refractivity contribution in [1.29, 1.82) is 0 Å². The van der Waals surface area contributed by atoms with Crippen LogP contribution in [0.5, 0.6) is 5.75 Å². The van der Waals surface area contributed by atoms with Gasteiger partial charge in [0.15, 0.2) is 11.6 Å². The molecule has 1 fully saturated rings. The van der Waals surface area contributed by atoms with E-state index in [0.29, 0.717) is 0 Å². The Morgan fingerprint density at radius 2 is 2.41 bits per heavy atom. The van der Waals surface area contributed by atoms with Gasteiger partial charge in [0.25, 0.3) is 0 Å². The third-order valence-electron chi connectivity index (χ3n) is 3.15. The first kappa shape index (κ1) is 12.3. The fraction of sp³-hybridized carbons (Fsp3) is 0.538. The Bertz CT molecular complexity index is 378. The highest BCUT2D eigenvalue weighted by atomic mass is 19.1. The number of benzene rings is 1. The number of aromatic hydroxyl groups is 1. The van der Waals surface area contributed by atoms with Crippen molar-refractivity contribution in [2.24, 2.45) is 0 Å². The quantitative estimate of drug-likeness (QED) is 0.847. The molecule has 17 heavy (non-hydrogen) atoms. The summed E-state index contributed by atoms with van der Waals surface area (Å²) in [6.45, 7) is 3.60. The molecule has 2 N–H and O–H groups in total. The lowest BCUT2D eigenvalue weighted by Gasteiger charge is -2.17. The zero-order valence-electron chi connectivity index (χ0n) is 9.95. The average molecular weight is 239 g/mol. The zero-order chi connectivity index (χ0) is 12.3. The van der Waals surface area contributed by atoms with Crippen molar-refractivity contribution in [2.75, 3.05) is 13.2 Å². The molecule has 0 aromatic heterocycles. The lowest BCUT2D eigenvalue weighted by atomic mass is 10.1. The smallest absolute Gasteiger partial charge is 0.165 e. The minimum atomic E-state index is -0.576. The number of phenolic OH excluding ortho intramolecular Hbond substituents is 1. The molecule has 2 rings (SSSR count). The lowest BCUT2D eigenvalue weighted by Crippen LogP contribution is -2.28. The van der Waals surface area contributed by atoms with E-state index < -0.39 is 5.82 Å². The fourth-order valence-corrected chi connectivity index (χ4v) is 2.02. The number of hydrogen-bond acceptors (Lipinski definition) is 3. The average Bonchev–Trinajstić information content (AvgIpc) is 2.82. The summed E-state index contributed by atoms with van der Waals surface area (Å²) in [6.07, 6.45) is 2.48. The minimum absolute atomic E-state index is 0.0503. The van der Waals surface area contributed by atoms with Gasteiger partial charge in [-0.3, -0.25) is 0 Å². The Morgan fingerprint density at radius 1 is 1.59 bits per heavy atom. The molecule has 0 bridgehead atoms. The molecule has 3 nitrogen and oxygen atoms in total. The molecule has 0 unspecified atom stereocenters. The van der Waals surface area contributed by atoms with E-state index >= 15 is 0 Å². The van der Waals surface area contributed by atoms with Crippen molar-refractivity contribution in [3.8, 4) is 5.75 Å². The molecule has 0 amide bonds. The summed E-state index contributed by atoms with van der Waals surface area (Å²) in [7, 11) is 0. The van der Waals surface area contributed by atoms with Crippen LogP contribution < -0.4 is 5.32 Å². The van der Waals surface area contributed by atoms with E-state index in [1.807, 2.05) is 6.92 Å². The second-order valence-corrected chi connectivity index (χ2v) is 4.48. The van der Waals surface area contributed by atoms with Crippen molar-refractivity contribution in [1.82, 2.24) is 5.32 Å². The molecular weight excluding hydrogens is 221 g/mol. The number of halogens is 1. The van der Waals surface area contributed by atoms with Crippen LogP contribution in [0.2, 0.25) is 0 Å². The first-order valence-corrected chi connectivity index (χ1v) is 6.00. The molecule has 2 atom stereocenters. The monoisotopic (exact) mass is 239 g/mol. The Balaban J connectivity index is 1.89. The molecule has 1 heterocycles. The summed E-state index contributed by atoms with van der Waals surface area (Å²) in [6, 6.07) is 4.53. The SMILES string of the molecule is C[C@@H](NC[C@H]1CCCO1)c1ccc(O)c(F)c1. The Hall–Kier alpha value is -1.13. The van der Waals surface area contributed by atoms with Gasteiger partial charge in [-0.05, 0) is 37.5 Å². The maximum absolute atomic E-state index is 13.2. The van der Waals surface area contributed by atoms with Crippen LogP contribution in [0.1, 0.15) is 31.4 Å². The first-order chi connectivity index (χ1) is 8.16. The van der Waals surface area contributed by atoms with E-state index in [1.54, 1.807) is 6.07 Å². The van der Waals surface area contributed by atoms with Crippen LogP contribution >= 0.6 is 0 Å². The topological polar surface area (TPSA) is 41.5 Å². The predicted molar refractivity (Wildman–Crippen MR) is 63.5 cm³/mol. The summed E-state index contributed by atoms with van der Waals surface area (Å²) < 4.78 is 18.7. The van der Waals surface area contributed by atoms with Gasteiger partial charge in [-0.15, -0.1) is 0 Å². The van der Waals surface area contributed by atoms with E-state index in [2.05, 4.69) is 5.32 Å². The minimum Gasteiger partial charge on any atom is -0.505 e. The van der Waals surface area contributed by atoms with E-state index in [4.69, 9.17) is 9.84 Å². The molecule has 1 aliphatic rings. The van der Waals surface area contributed by atoms with E-state index in [1.165, 1.54) is 12.1 Å². The number of phenols is 1. The summed E-state index contributed by atoms with van der Waals surface area (Å²) in [5.41, 5.74) is 0.832. The molecule has 0 aliphatic carbocycles. The molecule has 94 valence electrons. The Kier molecular flexibility index (Phi) is 3.97. The number of rotatable bonds is 4. The van der Waals surface area contributed by atoms with Crippen LogP contribution in [-0.2, 0) is 4.74 Å². The second kappa shape index (κ2) is 5.47. The normalized spacial score (nSPS) is 21.6. The molecule has 1 aromatic rings.